The van der Waals surface area contributed by atoms with Crippen LogP contribution in [0.15, 0.2) is 29.6 Å². The Balaban J connectivity index is 1.35. The van der Waals surface area contributed by atoms with E-state index < -0.39 is 0 Å². The lowest BCUT2D eigenvalue weighted by molar-refractivity contribution is 0.0751. The first-order valence-electron chi connectivity index (χ1n) is 8.98. The number of thiophene rings is 1. The highest BCUT2D eigenvalue weighted by molar-refractivity contribution is 7.12. The van der Waals surface area contributed by atoms with Gasteiger partial charge >= 0.3 is 0 Å². The molecule has 2 aromatic heterocycles. The summed E-state index contributed by atoms with van der Waals surface area (Å²) in [7, 11) is 0. The van der Waals surface area contributed by atoms with E-state index in [1.54, 1.807) is 0 Å². The molecule has 6 nitrogen and oxygen atoms in total. The van der Waals surface area contributed by atoms with Crippen LogP contribution in [0, 0.1) is 0 Å². The SMILES string of the molecule is O=C(c1cccs1)N1CCN(c2ccc(N3CCCCC3)nn2)CC1. The number of rotatable bonds is 3. The average molecular weight is 357 g/mol. The normalized spacial score (nSPS) is 18.5. The van der Waals surface area contributed by atoms with E-state index in [-0.39, 0.29) is 5.91 Å². The standard InChI is InChI=1S/C18H23N5OS/c24-18(15-5-4-14-25-15)23-12-10-22(11-13-23)17-7-6-16(19-20-17)21-8-2-1-3-9-21/h4-7,14H,1-3,8-13H2. The van der Waals surface area contributed by atoms with Crippen molar-refractivity contribution in [1.29, 1.82) is 0 Å². The Morgan fingerprint density at radius 2 is 1.48 bits per heavy atom. The Morgan fingerprint density at radius 3 is 2.04 bits per heavy atom. The first kappa shape index (κ1) is 16.3. The third kappa shape index (κ3) is 3.61. The lowest BCUT2D eigenvalue weighted by Gasteiger charge is -2.35. The van der Waals surface area contributed by atoms with E-state index in [4.69, 9.17) is 0 Å². The molecule has 2 aliphatic heterocycles. The highest BCUT2D eigenvalue weighted by Gasteiger charge is 2.23. The van der Waals surface area contributed by atoms with Crippen LogP contribution in [0.5, 0.6) is 0 Å². The number of carbonyl (C=O) groups is 1. The van der Waals surface area contributed by atoms with Crippen LogP contribution in [0.1, 0.15) is 28.9 Å². The molecule has 0 atom stereocenters. The van der Waals surface area contributed by atoms with Gasteiger partial charge in [0.15, 0.2) is 11.6 Å². The van der Waals surface area contributed by atoms with Gasteiger partial charge in [-0.3, -0.25) is 4.79 Å². The van der Waals surface area contributed by atoms with Crippen molar-refractivity contribution in [2.45, 2.75) is 19.3 Å². The van der Waals surface area contributed by atoms with Gasteiger partial charge in [0, 0.05) is 39.3 Å². The summed E-state index contributed by atoms with van der Waals surface area (Å²) in [4.78, 5) is 19.7. The molecule has 2 saturated heterocycles. The number of piperazine rings is 1. The predicted octanol–water partition coefficient (Wildman–Crippen LogP) is 2.49. The smallest absolute Gasteiger partial charge is 0.264 e. The molecular formula is C18H23N5OS. The summed E-state index contributed by atoms with van der Waals surface area (Å²) in [6, 6.07) is 7.96. The van der Waals surface area contributed by atoms with Gasteiger partial charge in [0.1, 0.15) is 0 Å². The Kier molecular flexibility index (Phi) is 4.83. The number of amides is 1. The summed E-state index contributed by atoms with van der Waals surface area (Å²) in [5.41, 5.74) is 0. The molecule has 0 bridgehead atoms. The molecular weight excluding hydrogens is 334 g/mol. The Morgan fingerprint density at radius 1 is 0.840 bits per heavy atom. The number of hydrogen-bond acceptors (Lipinski definition) is 6. The lowest BCUT2D eigenvalue weighted by Crippen LogP contribution is -2.49. The molecule has 0 unspecified atom stereocenters. The Labute approximate surface area is 152 Å². The minimum absolute atomic E-state index is 0.140. The molecule has 4 rings (SSSR count). The minimum Gasteiger partial charge on any atom is -0.355 e. The van der Waals surface area contributed by atoms with Crippen LogP contribution in [0.25, 0.3) is 0 Å². The van der Waals surface area contributed by atoms with Crippen molar-refractivity contribution in [3.63, 3.8) is 0 Å². The zero-order chi connectivity index (χ0) is 17.1. The van der Waals surface area contributed by atoms with E-state index in [9.17, 15) is 4.79 Å². The average Bonchev–Trinajstić information content (AvgIpc) is 3.23. The molecule has 25 heavy (non-hydrogen) atoms. The van der Waals surface area contributed by atoms with Gasteiger partial charge < -0.3 is 14.7 Å². The highest BCUT2D eigenvalue weighted by Crippen LogP contribution is 2.20. The number of carbonyl (C=O) groups excluding carboxylic acids is 1. The lowest BCUT2D eigenvalue weighted by atomic mass is 10.1. The van der Waals surface area contributed by atoms with Gasteiger partial charge in [0.25, 0.3) is 5.91 Å². The summed E-state index contributed by atoms with van der Waals surface area (Å²) in [5, 5.41) is 10.8. The fourth-order valence-corrected chi connectivity index (χ4v) is 4.16. The van der Waals surface area contributed by atoms with Gasteiger partial charge in [0.2, 0.25) is 0 Å². The number of piperidine rings is 1. The summed E-state index contributed by atoms with van der Waals surface area (Å²) in [6.07, 6.45) is 3.80. The summed E-state index contributed by atoms with van der Waals surface area (Å²) in [5.74, 6) is 2.03. The predicted molar refractivity (Wildman–Crippen MR) is 101 cm³/mol. The molecule has 0 saturated carbocycles. The van der Waals surface area contributed by atoms with E-state index in [1.165, 1.54) is 30.6 Å². The summed E-state index contributed by atoms with van der Waals surface area (Å²) in [6.45, 7) is 5.22. The maximum Gasteiger partial charge on any atom is 0.264 e. The Hall–Kier alpha value is -2.15. The van der Waals surface area contributed by atoms with Crippen molar-refractivity contribution >= 4 is 28.9 Å². The second kappa shape index (κ2) is 7.39. The van der Waals surface area contributed by atoms with Crippen LogP contribution in [-0.2, 0) is 0 Å². The van der Waals surface area contributed by atoms with Crippen molar-refractivity contribution in [3.05, 3.63) is 34.5 Å². The first-order valence-corrected chi connectivity index (χ1v) is 9.86. The molecule has 132 valence electrons. The monoisotopic (exact) mass is 357 g/mol. The zero-order valence-electron chi connectivity index (χ0n) is 14.3. The van der Waals surface area contributed by atoms with Crippen molar-refractivity contribution in [1.82, 2.24) is 15.1 Å². The van der Waals surface area contributed by atoms with E-state index >= 15 is 0 Å². The molecule has 2 aromatic rings. The molecule has 0 aromatic carbocycles. The van der Waals surface area contributed by atoms with Gasteiger partial charge in [-0.25, -0.2) is 0 Å². The van der Waals surface area contributed by atoms with Crippen LogP contribution in [0.3, 0.4) is 0 Å². The maximum atomic E-state index is 12.4. The van der Waals surface area contributed by atoms with Crippen molar-refractivity contribution in [2.75, 3.05) is 49.1 Å². The summed E-state index contributed by atoms with van der Waals surface area (Å²) < 4.78 is 0. The fourth-order valence-electron chi connectivity index (χ4n) is 3.47. The highest BCUT2D eigenvalue weighted by atomic mass is 32.1. The van der Waals surface area contributed by atoms with Gasteiger partial charge in [0.05, 0.1) is 4.88 Å². The number of hydrogen-bond donors (Lipinski definition) is 0. The van der Waals surface area contributed by atoms with E-state index in [0.29, 0.717) is 0 Å². The van der Waals surface area contributed by atoms with Gasteiger partial charge in [-0.05, 0) is 42.8 Å². The van der Waals surface area contributed by atoms with Crippen molar-refractivity contribution in [2.24, 2.45) is 0 Å². The molecule has 0 radical (unpaired) electrons. The number of anilines is 2. The molecule has 4 heterocycles. The van der Waals surface area contributed by atoms with Crippen LogP contribution in [0.2, 0.25) is 0 Å². The van der Waals surface area contributed by atoms with Gasteiger partial charge in [-0.2, -0.15) is 0 Å². The quantitative estimate of drug-likeness (QED) is 0.845. The first-order chi connectivity index (χ1) is 12.3. The molecule has 1 amide bonds. The van der Waals surface area contributed by atoms with Crippen LogP contribution in [-0.4, -0.2) is 60.3 Å². The minimum atomic E-state index is 0.140. The largest absolute Gasteiger partial charge is 0.355 e. The molecule has 0 spiro atoms. The van der Waals surface area contributed by atoms with E-state index in [1.807, 2.05) is 22.4 Å². The number of aromatic nitrogens is 2. The molecule has 7 heteroatoms. The van der Waals surface area contributed by atoms with Crippen molar-refractivity contribution < 1.29 is 4.79 Å². The van der Waals surface area contributed by atoms with E-state index in [2.05, 4.69) is 32.1 Å². The van der Waals surface area contributed by atoms with Crippen molar-refractivity contribution in [3.8, 4) is 0 Å². The molecule has 2 fully saturated rings. The summed E-state index contributed by atoms with van der Waals surface area (Å²) >= 11 is 1.51. The fraction of sp³-hybridized carbons (Fsp3) is 0.500. The molecule has 2 aliphatic rings. The third-order valence-electron chi connectivity index (χ3n) is 4.94. The van der Waals surface area contributed by atoms with Gasteiger partial charge in [-0.1, -0.05) is 6.07 Å². The second-order valence-electron chi connectivity index (χ2n) is 6.55. The maximum absolute atomic E-state index is 12.4. The van der Waals surface area contributed by atoms with Crippen LogP contribution in [0.4, 0.5) is 11.6 Å². The molecule has 0 aliphatic carbocycles. The van der Waals surface area contributed by atoms with E-state index in [0.717, 1.165) is 55.8 Å². The van der Waals surface area contributed by atoms with Crippen LogP contribution < -0.4 is 9.80 Å². The Bertz CT molecular complexity index is 689. The number of nitrogens with zero attached hydrogens (tertiary/aromatic N) is 5. The second-order valence-corrected chi connectivity index (χ2v) is 7.50. The van der Waals surface area contributed by atoms with Crippen LogP contribution >= 0.6 is 11.3 Å². The van der Waals surface area contributed by atoms with Gasteiger partial charge in [-0.15, -0.1) is 21.5 Å². The molecule has 0 N–H and O–H groups in total. The zero-order valence-corrected chi connectivity index (χ0v) is 15.1. The topological polar surface area (TPSA) is 52.6 Å². The third-order valence-corrected chi connectivity index (χ3v) is 5.80.